The van der Waals surface area contributed by atoms with Crippen LogP contribution in [0.4, 0.5) is 0 Å². The van der Waals surface area contributed by atoms with E-state index in [9.17, 15) is 39.5 Å². The first-order chi connectivity index (χ1) is 9.82. The first-order valence-electron chi connectivity index (χ1n) is 5.36. The molecule has 5 fully saturated rings. The Morgan fingerprint density at radius 2 is 1.50 bits per heavy atom. The summed E-state index contributed by atoms with van der Waals surface area (Å²) in [5.41, 5.74) is 0. The molecule has 5 aliphatic rings. The number of hydrogen-bond donors (Lipinski definition) is 5. The molecule has 16 heteroatoms. The Hall–Kier alpha value is -0.310. The SMILES string of the molecule is O=C1C2(O)OP(=O)(O2)O[C@]1(O)[C@@]1(O)OP2(=O)OC(O)[C@@]1(O)O2. The third-order valence-corrected chi connectivity index (χ3v) is 6.19. The fourth-order valence-electron chi connectivity index (χ4n) is 2.30. The Morgan fingerprint density at radius 1 is 0.909 bits per heavy atom. The standard InChI is InChI=1S/C6H6O14P2/c7-1-3(9,16-22(14)18-5(1,11)19-22)6(12)4(10)2(8)15-21(13,17-4)20-6/h2,8-12H/t2?,3-,4+,5?,6+,21?,22?/m0/s1. The van der Waals surface area contributed by atoms with Crippen molar-refractivity contribution in [3.8, 4) is 0 Å². The monoisotopic (exact) mass is 364 g/mol. The van der Waals surface area contributed by atoms with Crippen LogP contribution in [0.2, 0.25) is 0 Å². The van der Waals surface area contributed by atoms with Crippen molar-refractivity contribution >= 4 is 21.4 Å². The summed E-state index contributed by atoms with van der Waals surface area (Å²) in [4.78, 5) is 12.0. The van der Waals surface area contributed by atoms with E-state index in [0.717, 1.165) is 0 Å². The predicted octanol–water partition coefficient (Wildman–Crippen LogP) is -3.04. The number of Topliss-reactive ketones (excluding diaryl/α,β-unsaturated/α-hetero) is 1. The maximum Gasteiger partial charge on any atom is 0.487 e. The van der Waals surface area contributed by atoms with Crippen molar-refractivity contribution in [2.75, 3.05) is 0 Å². The topological polar surface area (TPSA) is 208 Å². The molecule has 0 spiro atoms. The maximum atomic E-state index is 12.0. The number of carbonyl (C=O) groups is 1. The van der Waals surface area contributed by atoms with Crippen molar-refractivity contribution < 1.29 is 66.6 Å². The quantitative estimate of drug-likeness (QED) is 0.293. The van der Waals surface area contributed by atoms with E-state index >= 15 is 0 Å². The van der Waals surface area contributed by atoms with E-state index < -0.39 is 51.1 Å². The lowest BCUT2D eigenvalue weighted by atomic mass is 9.91. The van der Waals surface area contributed by atoms with Crippen molar-refractivity contribution in [3.63, 3.8) is 0 Å². The minimum Gasteiger partial charge on any atom is -0.363 e. The Balaban J connectivity index is 1.86. The molecule has 14 nitrogen and oxygen atoms in total. The molecular weight excluding hydrogens is 358 g/mol. The first kappa shape index (κ1) is 15.2. The van der Waals surface area contributed by atoms with E-state index in [2.05, 4.69) is 27.1 Å². The molecule has 22 heavy (non-hydrogen) atoms. The van der Waals surface area contributed by atoms with Crippen molar-refractivity contribution in [3.05, 3.63) is 0 Å². The van der Waals surface area contributed by atoms with E-state index in [1.54, 1.807) is 0 Å². The smallest absolute Gasteiger partial charge is 0.363 e. The molecule has 124 valence electrons. The van der Waals surface area contributed by atoms with Crippen LogP contribution in [-0.2, 0) is 41.1 Å². The highest BCUT2D eigenvalue weighted by atomic mass is 31.2. The molecule has 5 saturated heterocycles. The molecule has 5 atom stereocenters. The Bertz CT molecular complexity index is 693. The van der Waals surface area contributed by atoms with Gasteiger partial charge >= 0.3 is 33.2 Å². The minimum atomic E-state index is -4.80. The highest BCUT2D eigenvalue weighted by Crippen LogP contribution is 2.77. The van der Waals surface area contributed by atoms with Gasteiger partial charge in [0, 0.05) is 0 Å². The summed E-state index contributed by atoms with van der Waals surface area (Å²) in [6.45, 7) is 0. The summed E-state index contributed by atoms with van der Waals surface area (Å²) in [5.74, 6) is -16.4. The van der Waals surface area contributed by atoms with Crippen LogP contribution in [0.25, 0.3) is 0 Å². The van der Waals surface area contributed by atoms with E-state index in [-0.39, 0.29) is 0 Å². The Labute approximate surface area is 118 Å². The van der Waals surface area contributed by atoms with Crippen LogP contribution in [0.15, 0.2) is 0 Å². The van der Waals surface area contributed by atoms with Crippen LogP contribution in [0.1, 0.15) is 0 Å². The number of fused-ring (bicyclic) bond motifs is 4. The van der Waals surface area contributed by atoms with Gasteiger partial charge in [-0.2, -0.15) is 0 Å². The molecule has 0 radical (unpaired) electrons. The van der Waals surface area contributed by atoms with E-state index in [0.29, 0.717) is 0 Å². The zero-order chi connectivity index (χ0) is 16.4. The lowest BCUT2D eigenvalue weighted by molar-refractivity contribution is -0.453. The van der Waals surface area contributed by atoms with Crippen molar-refractivity contribution in [1.29, 1.82) is 0 Å². The van der Waals surface area contributed by atoms with Crippen LogP contribution in [0.3, 0.4) is 0 Å². The number of ketones is 1. The maximum absolute atomic E-state index is 12.0. The van der Waals surface area contributed by atoms with Gasteiger partial charge < -0.3 is 25.5 Å². The van der Waals surface area contributed by atoms with Gasteiger partial charge in [0.1, 0.15) is 0 Å². The number of phosphoric ester groups is 2. The molecule has 5 rings (SSSR count). The third kappa shape index (κ3) is 1.38. The largest absolute Gasteiger partial charge is 0.487 e. The van der Waals surface area contributed by atoms with Gasteiger partial charge in [-0.15, -0.1) is 0 Å². The van der Waals surface area contributed by atoms with Gasteiger partial charge in [0.15, 0.2) is 0 Å². The molecule has 0 aromatic rings. The van der Waals surface area contributed by atoms with Crippen molar-refractivity contribution in [1.82, 2.24) is 0 Å². The number of rotatable bonds is 1. The summed E-state index contributed by atoms with van der Waals surface area (Å²) in [6, 6.07) is 0. The summed E-state index contributed by atoms with van der Waals surface area (Å²) in [6.07, 6.45) is -2.55. The normalized spacial score (nSPS) is 66.4. The lowest BCUT2D eigenvalue weighted by Crippen LogP contribution is -2.80. The van der Waals surface area contributed by atoms with E-state index in [1.807, 2.05) is 0 Å². The van der Waals surface area contributed by atoms with Gasteiger partial charge in [0.2, 0.25) is 6.29 Å². The zero-order valence-corrected chi connectivity index (χ0v) is 11.7. The van der Waals surface area contributed by atoms with Crippen molar-refractivity contribution in [2.45, 2.75) is 29.6 Å². The summed E-state index contributed by atoms with van der Waals surface area (Å²) in [7, 11) is -9.50. The fraction of sp³-hybridized carbons (Fsp3) is 0.833. The Kier molecular flexibility index (Phi) is 2.44. The Morgan fingerprint density at radius 3 is 2.00 bits per heavy atom. The van der Waals surface area contributed by atoms with E-state index in [4.69, 9.17) is 0 Å². The lowest BCUT2D eigenvalue weighted by Gasteiger charge is -2.53. The second kappa shape index (κ2) is 3.53. The molecule has 2 unspecified atom stereocenters. The predicted molar refractivity (Wildman–Crippen MR) is 52.5 cm³/mol. The molecule has 0 aromatic carbocycles. The molecular formula is C6H6O14P2. The number of hydrogen-bond acceptors (Lipinski definition) is 14. The van der Waals surface area contributed by atoms with E-state index in [1.165, 1.54) is 0 Å². The van der Waals surface area contributed by atoms with Gasteiger partial charge in [-0.3, -0.25) is 9.32 Å². The first-order valence-corrected chi connectivity index (χ1v) is 8.28. The highest BCUT2D eigenvalue weighted by Gasteiger charge is 2.91. The van der Waals surface area contributed by atoms with Gasteiger partial charge in [0.25, 0.3) is 11.6 Å². The zero-order valence-electron chi connectivity index (χ0n) is 9.88. The van der Waals surface area contributed by atoms with Crippen LogP contribution >= 0.6 is 15.6 Å². The average molecular weight is 364 g/mol. The van der Waals surface area contributed by atoms with Gasteiger partial charge in [-0.05, 0) is 0 Å². The van der Waals surface area contributed by atoms with Gasteiger partial charge in [-0.25, -0.2) is 31.7 Å². The number of aliphatic hydroxyl groups excluding tert-OH is 1. The molecule has 5 aliphatic heterocycles. The molecule has 0 aliphatic carbocycles. The third-order valence-electron chi connectivity index (χ3n) is 3.31. The van der Waals surface area contributed by atoms with Crippen molar-refractivity contribution in [2.24, 2.45) is 0 Å². The van der Waals surface area contributed by atoms with Crippen LogP contribution in [0.5, 0.6) is 0 Å². The number of carbonyl (C=O) groups excluding carboxylic acids is 1. The second-order valence-corrected chi connectivity index (χ2v) is 7.62. The summed E-state index contributed by atoms with van der Waals surface area (Å²) in [5, 5.41) is 49.4. The molecule has 0 amide bonds. The molecule has 0 aromatic heterocycles. The molecule has 0 saturated carbocycles. The fourth-order valence-corrected chi connectivity index (χ4v) is 5.33. The number of aliphatic hydroxyl groups is 5. The number of phosphoric acid groups is 2. The molecule has 5 heterocycles. The minimum absolute atomic E-state index is 2.02. The summed E-state index contributed by atoms with van der Waals surface area (Å²) < 4.78 is 48.7. The van der Waals surface area contributed by atoms with Crippen LogP contribution < -0.4 is 0 Å². The molecule has 5 N–H and O–H groups in total. The highest BCUT2D eigenvalue weighted by molar-refractivity contribution is 7.50. The van der Waals surface area contributed by atoms with Crippen LogP contribution in [-0.4, -0.2) is 60.9 Å². The summed E-state index contributed by atoms with van der Waals surface area (Å²) >= 11 is 0. The second-order valence-electron chi connectivity index (χ2n) is 4.70. The van der Waals surface area contributed by atoms with Gasteiger partial charge in [0.05, 0.1) is 0 Å². The van der Waals surface area contributed by atoms with Crippen LogP contribution in [0, 0.1) is 0 Å². The van der Waals surface area contributed by atoms with Gasteiger partial charge in [-0.1, -0.05) is 0 Å². The molecule has 4 bridgehead atoms. The average Bonchev–Trinajstić information content (AvgIpc) is 2.66.